The fourth-order valence-electron chi connectivity index (χ4n) is 4.58. The number of para-hydroxylation sites is 1. The van der Waals surface area contributed by atoms with E-state index >= 15 is 0 Å². The van der Waals surface area contributed by atoms with E-state index in [9.17, 15) is 5.11 Å². The van der Waals surface area contributed by atoms with E-state index in [1.165, 1.54) is 11.1 Å². The molecule has 0 atom stereocenters. The highest BCUT2D eigenvalue weighted by Gasteiger charge is 2.22. The van der Waals surface area contributed by atoms with Crippen molar-refractivity contribution < 1.29 is 9.84 Å². The van der Waals surface area contributed by atoms with Gasteiger partial charge in [-0.25, -0.2) is 9.97 Å². The molecule has 0 bridgehead atoms. The molecule has 2 heterocycles. The van der Waals surface area contributed by atoms with Gasteiger partial charge in [0.1, 0.15) is 11.5 Å². The van der Waals surface area contributed by atoms with Gasteiger partial charge < -0.3 is 9.84 Å². The molecule has 1 N–H and O–H groups in total. The number of rotatable bonds is 5. The van der Waals surface area contributed by atoms with Crippen molar-refractivity contribution in [3.8, 4) is 51.0 Å². The minimum atomic E-state index is -0.0104. The summed E-state index contributed by atoms with van der Waals surface area (Å²) in [6.07, 6.45) is 1.71. The van der Waals surface area contributed by atoms with E-state index in [-0.39, 0.29) is 16.6 Å². The zero-order chi connectivity index (χ0) is 28.5. The lowest BCUT2D eigenvalue weighted by Crippen LogP contribution is -2.16. The first-order valence-electron chi connectivity index (χ1n) is 13.6. The molecule has 40 heavy (non-hydrogen) atoms. The van der Waals surface area contributed by atoms with E-state index in [0.717, 1.165) is 22.4 Å². The Morgan fingerprint density at radius 1 is 0.600 bits per heavy atom. The Bertz CT molecular complexity index is 1610. The lowest BCUT2D eigenvalue weighted by molar-refractivity contribution is 0.463. The minimum Gasteiger partial charge on any atom is -0.507 e. The van der Waals surface area contributed by atoms with Gasteiger partial charge in [0.05, 0.1) is 11.4 Å². The van der Waals surface area contributed by atoms with Gasteiger partial charge in [-0.1, -0.05) is 90.1 Å². The molecular formula is C36H36N2O2. The van der Waals surface area contributed by atoms with E-state index < -0.39 is 0 Å². The molecule has 5 rings (SSSR count). The first kappa shape index (κ1) is 27.1. The molecular weight excluding hydrogens is 492 g/mol. The van der Waals surface area contributed by atoms with Crippen molar-refractivity contribution in [1.82, 2.24) is 9.97 Å². The van der Waals surface area contributed by atoms with Crippen LogP contribution in [0.15, 0.2) is 103 Å². The largest absolute Gasteiger partial charge is 0.507 e. The van der Waals surface area contributed by atoms with Crippen molar-refractivity contribution in [2.24, 2.45) is 0 Å². The molecule has 0 aliphatic rings. The maximum atomic E-state index is 10.7. The standard InChI is InChI=1S/C36H36N2O2/c1-35(2,3)27-18-25(19-28(23-27)36(4,5)6)26-21-31(38-32(22-26)30-14-7-8-15-33(30)39)24-12-11-13-29(20-24)40-34-16-9-10-17-37-34/h7-23,39H,1-6H3. The first-order chi connectivity index (χ1) is 19.0. The number of nitrogens with zero attached hydrogens (tertiary/aromatic N) is 2. The van der Waals surface area contributed by atoms with Crippen LogP contribution in [0.4, 0.5) is 0 Å². The Morgan fingerprint density at radius 3 is 1.90 bits per heavy atom. The van der Waals surface area contributed by atoms with Crippen molar-refractivity contribution in [3.05, 3.63) is 114 Å². The molecule has 0 aliphatic carbocycles. The van der Waals surface area contributed by atoms with E-state index in [1.54, 1.807) is 12.3 Å². The average molecular weight is 529 g/mol. The van der Waals surface area contributed by atoms with Crippen molar-refractivity contribution in [3.63, 3.8) is 0 Å². The fraction of sp³-hybridized carbons (Fsp3) is 0.222. The predicted molar refractivity (Wildman–Crippen MR) is 164 cm³/mol. The Balaban J connectivity index is 1.69. The summed E-state index contributed by atoms with van der Waals surface area (Å²) in [4.78, 5) is 9.30. The van der Waals surface area contributed by atoms with Crippen LogP contribution < -0.4 is 4.74 Å². The summed E-state index contributed by atoms with van der Waals surface area (Å²) in [5, 5.41) is 10.7. The first-order valence-corrected chi connectivity index (χ1v) is 13.6. The van der Waals surface area contributed by atoms with E-state index in [2.05, 4.69) is 76.9 Å². The van der Waals surface area contributed by atoms with E-state index in [1.807, 2.05) is 60.7 Å². The average Bonchev–Trinajstić information content (AvgIpc) is 2.92. The van der Waals surface area contributed by atoms with Crippen molar-refractivity contribution >= 4 is 0 Å². The number of hydrogen-bond acceptors (Lipinski definition) is 4. The summed E-state index contributed by atoms with van der Waals surface area (Å²) in [6, 6.07) is 31.9. The van der Waals surface area contributed by atoms with Crippen LogP contribution in [0.3, 0.4) is 0 Å². The van der Waals surface area contributed by atoms with Gasteiger partial charge in [0.25, 0.3) is 0 Å². The molecule has 0 aliphatic heterocycles. The lowest BCUT2D eigenvalue weighted by atomic mass is 9.79. The van der Waals surface area contributed by atoms with E-state index in [0.29, 0.717) is 22.9 Å². The maximum Gasteiger partial charge on any atom is 0.219 e. The van der Waals surface area contributed by atoms with Crippen LogP contribution >= 0.6 is 0 Å². The summed E-state index contributed by atoms with van der Waals surface area (Å²) in [5.41, 5.74) is 7.80. The SMILES string of the molecule is CC(C)(C)c1cc(-c2cc(-c3cccc(Oc4ccccn4)c3)nc(-c3ccccc3O)c2)cc(C(C)(C)C)c1. The Labute approximate surface area is 237 Å². The highest BCUT2D eigenvalue weighted by atomic mass is 16.5. The topological polar surface area (TPSA) is 55.2 Å². The number of aromatic hydroxyl groups is 1. The third-order valence-electron chi connectivity index (χ3n) is 6.99. The molecule has 0 fully saturated rings. The molecule has 0 saturated heterocycles. The van der Waals surface area contributed by atoms with Crippen LogP contribution in [0.2, 0.25) is 0 Å². The third-order valence-corrected chi connectivity index (χ3v) is 6.99. The smallest absolute Gasteiger partial charge is 0.219 e. The number of phenols is 1. The molecule has 4 nitrogen and oxygen atoms in total. The summed E-state index contributed by atoms with van der Waals surface area (Å²) in [5.74, 6) is 1.41. The number of benzene rings is 3. The van der Waals surface area contributed by atoms with E-state index in [4.69, 9.17) is 9.72 Å². The molecule has 0 unspecified atom stereocenters. The fourth-order valence-corrected chi connectivity index (χ4v) is 4.58. The van der Waals surface area contributed by atoms with Crippen LogP contribution in [0.1, 0.15) is 52.7 Å². The second-order valence-corrected chi connectivity index (χ2v) is 12.2. The van der Waals surface area contributed by atoms with Gasteiger partial charge in [-0.2, -0.15) is 0 Å². The second-order valence-electron chi connectivity index (χ2n) is 12.2. The number of aromatic nitrogens is 2. The number of pyridine rings is 2. The van der Waals surface area contributed by atoms with Crippen LogP contribution in [0.5, 0.6) is 17.4 Å². The molecule has 0 saturated carbocycles. The molecule has 0 radical (unpaired) electrons. The van der Waals surface area contributed by atoms with Crippen molar-refractivity contribution in [2.75, 3.05) is 0 Å². The highest BCUT2D eigenvalue weighted by molar-refractivity contribution is 5.79. The zero-order valence-electron chi connectivity index (χ0n) is 24.1. The van der Waals surface area contributed by atoms with Gasteiger partial charge in [-0.05, 0) is 75.5 Å². The molecule has 3 aromatic carbocycles. The Kier molecular flexibility index (Phi) is 7.20. The quantitative estimate of drug-likeness (QED) is 0.247. The van der Waals surface area contributed by atoms with Gasteiger partial charge in [0.15, 0.2) is 0 Å². The predicted octanol–water partition coefficient (Wildman–Crippen LogP) is 9.57. The van der Waals surface area contributed by atoms with Crippen molar-refractivity contribution in [1.29, 1.82) is 0 Å². The maximum absolute atomic E-state index is 10.7. The number of ether oxygens (including phenoxy) is 1. The molecule has 5 aromatic rings. The van der Waals surface area contributed by atoms with Gasteiger partial charge in [0, 0.05) is 23.4 Å². The highest BCUT2D eigenvalue weighted by Crippen LogP contribution is 2.38. The number of hydrogen-bond donors (Lipinski definition) is 1. The molecule has 2 aromatic heterocycles. The van der Waals surface area contributed by atoms with Crippen LogP contribution in [-0.4, -0.2) is 15.1 Å². The van der Waals surface area contributed by atoms with Gasteiger partial charge in [0.2, 0.25) is 5.88 Å². The van der Waals surface area contributed by atoms with Gasteiger partial charge in [-0.3, -0.25) is 0 Å². The zero-order valence-corrected chi connectivity index (χ0v) is 24.1. The normalized spacial score (nSPS) is 11.8. The molecule has 4 heteroatoms. The molecule has 0 spiro atoms. The lowest BCUT2D eigenvalue weighted by Gasteiger charge is -2.26. The Morgan fingerprint density at radius 2 is 1.25 bits per heavy atom. The minimum absolute atomic E-state index is 0.0104. The molecule has 0 amide bonds. The summed E-state index contributed by atoms with van der Waals surface area (Å²) in [7, 11) is 0. The molecule has 202 valence electrons. The summed E-state index contributed by atoms with van der Waals surface area (Å²) in [6.45, 7) is 13.5. The van der Waals surface area contributed by atoms with Gasteiger partial charge >= 0.3 is 0 Å². The summed E-state index contributed by atoms with van der Waals surface area (Å²) < 4.78 is 6.02. The Hall–Kier alpha value is -4.44. The second kappa shape index (κ2) is 10.6. The van der Waals surface area contributed by atoms with Crippen molar-refractivity contribution in [2.45, 2.75) is 52.4 Å². The summed E-state index contributed by atoms with van der Waals surface area (Å²) >= 11 is 0. The van der Waals surface area contributed by atoms with Crippen LogP contribution in [0, 0.1) is 0 Å². The van der Waals surface area contributed by atoms with Gasteiger partial charge in [-0.15, -0.1) is 0 Å². The van der Waals surface area contributed by atoms with Crippen LogP contribution in [0.25, 0.3) is 33.6 Å². The monoisotopic (exact) mass is 528 g/mol. The number of phenolic OH excluding ortho intramolecular Hbond substituents is 1. The van der Waals surface area contributed by atoms with Crippen LogP contribution in [-0.2, 0) is 10.8 Å². The third kappa shape index (κ3) is 6.07.